The molecule has 2 aliphatic heterocycles. The third-order valence-electron chi connectivity index (χ3n) is 4.99. The molecule has 1 amide bonds. The third-order valence-corrected chi connectivity index (χ3v) is 4.99. The zero-order valence-electron chi connectivity index (χ0n) is 13.8. The van der Waals surface area contributed by atoms with Crippen LogP contribution >= 0.6 is 24.8 Å². The summed E-state index contributed by atoms with van der Waals surface area (Å²) >= 11 is 0. The summed E-state index contributed by atoms with van der Waals surface area (Å²) in [5.74, 6) is 0.253. The number of carbonyl (C=O) groups is 1. The molecule has 4 nitrogen and oxygen atoms in total. The van der Waals surface area contributed by atoms with E-state index in [0.29, 0.717) is 6.04 Å². The lowest BCUT2D eigenvalue weighted by Crippen LogP contribution is -2.50. The molecule has 0 bridgehead atoms. The van der Waals surface area contributed by atoms with Gasteiger partial charge in [-0.2, -0.15) is 0 Å². The molecule has 0 aromatic heterocycles. The smallest absolute Gasteiger partial charge is 0.239 e. The van der Waals surface area contributed by atoms with Crippen LogP contribution < -0.4 is 5.32 Å². The molecule has 23 heavy (non-hydrogen) atoms. The molecule has 2 atom stereocenters. The molecule has 1 fully saturated rings. The van der Waals surface area contributed by atoms with Gasteiger partial charge in [-0.3, -0.25) is 9.69 Å². The second-order valence-electron chi connectivity index (χ2n) is 6.26. The van der Waals surface area contributed by atoms with Crippen LogP contribution in [0.25, 0.3) is 0 Å². The quantitative estimate of drug-likeness (QED) is 0.897. The molecule has 3 rings (SSSR count). The Morgan fingerprint density at radius 1 is 1.30 bits per heavy atom. The van der Waals surface area contributed by atoms with Gasteiger partial charge in [0.05, 0.1) is 6.04 Å². The van der Waals surface area contributed by atoms with E-state index >= 15 is 0 Å². The maximum Gasteiger partial charge on any atom is 0.239 e. The summed E-state index contributed by atoms with van der Waals surface area (Å²) < 4.78 is 0. The number of carbonyl (C=O) groups excluding carboxylic acids is 1. The van der Waals surface area contributed by atoms with Crippen LogP contribution in [0.4, 0.5) is 0 Å². The van der Waals surface area contributed by atoms with Crippen LogP contribution in [0.3, 0.4) is 0 Å². The minimum Gasteiger partial charge on any atom is -0.340 e. The van der Waals surface area contributed by atoms with E-state index in [9.17, 15) is 4.79 Å². The largest absolute Gasteiger partial charge is 0.340 e. The van der Waals surface area contributed by atoms with Gasteiger partial charge in [0.15, 0.2) is 0 Å². The molecular formula is C17H27Cl2N3O. The van der Waals surface area contributed by atoms with Gasteiger partial charge in [-0.1, -0.05) is 24.3 Å². The van der Waals surface area contributed by atoms with Crippen molar-refractivity contribution in [3.05, 3.63) is 35.4 Å². The Morgan fingerprint density at radius 3 is 2.65 bits per heavy atom. The van der Waals surface area contributed by atoms with Gasteiger partial charge in [0.25, 0.3) is 0 Å². The Bertz CT molecular complexity index is 520. The number of nitrogens with one attached hydrogen (secondary N) is 1. The zero-order chi connectivity index (χ0) is 14.8. The van der Waals surface area contributed by atoms with Crippen molar-refractivity contribution >= 4 is 30.7 Å². The van der Waals surface area contributed by atoms with E-state index in [4.69, 9.17) is 0 Å². The Kier molecular flexibility index (Phi) is 7.81. The SMILES string of the molecule is CC(C(=O)N(C)C1CCNC1)N1CCc2ccccc2C1.Cl.Cl. The molecule has 6 heteroatoms. The minimum absolute atomic E-state index is 0. The van der Waals surface area contributed by atoms with E-state index < -0.39 is 0 Å². The molecule has 1 aromatic carbocycles. The summed E-state index contributed by atoms with van der Waals surface area (Å²) in [6, 6.07) is 8.90. The summed E-state index contributed by atoms with van der Waals surface area (Å²) in [6.07, 6.45) is 2.11. The molecule has 0 aliphatic carbocycles. The first-order valence-electron chi connectivity index (χ1n) is 7.95. The van der Waals surface area contributed by atoms with E-state index in [-0.39, 0.29) is 36.8 Å². The van der Waals surface area contributed by atoms with Crippen LogP contribution in [-0.2, 0) is 17.8 Å². The first-order chi connectivity index (χ1) is 10.2. The Labute approximate surface area is 151 Å². The fourth-order valence-electron chi connectivity index (χ4n) is 3.45. The molecule has 1 aromatic rings. The highest BCUT2D eigenvalue weighted by Gasteiger charge is 2.30. The highest BCUT2D eigenvalue weighted by atomic mass is 35.5. The average Bonchev–Trinajstić information content (AvgIpc) is 3.06. The van der Waals surface area contributed by atoms with Crippen molar-refractivity contribution in [1.82, 2.24) is 15.1 Å². The van der Waals surface area contributed by atoms with Gasteiger partial charge in [-0.05, 0) is 37.4 Å². The fraction of sp³-hybridized carbons (Fsp3) is 0.588. The predicted molar refractivity (Wildman–Crippen MR) is 98.6 cm³/mol. The average molecular weight is 360 g/mol. The molecule has 2 aliphatic rings. The van der Waals surface area contributed by atoms with Crippen molar-refractivity contribution < 1.29 is 4.79 Å². The van der Waals surface area contributed by atoms with Crippen molar-refractivity contribution in [2.75, 3.05) is 26.7 Å². The van der Waals surface area contributed by atoms with Gasteiger partial charge in [-0.15, -0.1) is 24.8 Å². The number of nitrogens with zero attached hydrogens (tertiary/aromatic N) is 2. The normalized spacial score (nSPS) is 21.6. The Balaban J connectivity index is 0.00000132. The van der Waals surface area contributed by atoms with Crippen molar-refractivity contribution in [2.24, 2.45) is 0 Å². The highest BCUT2D eigenvalue weighted by molar-refractivity contribution is 5.85. The monoisotopic (exact) mass is 359 g/mol. The molecule has 0 spiro atoms. The van der Waals surface area contributed by atoms with Gasteiger partial charge < -0.3 is 10.2 Å². The van der Waals surface area contributed by atoms with Crippen LogP contribution in [0.15, 0.2) is 24.3 Å². The lowest BCUT2D eigenvalue weighted by atomic mass is 9.98. The molecule has 1 saturated heterocycles. The topological polar surface area (TPSA) is 35.6 Å². The standard InChI is InChI=1S/C17H25N3O.2ClH/c1-13(17(21)19(2)16-7-9-18-11-16)20-10-8-14-5-3-4-6-15(14)12-20;;/h3-6,13,16,18H,7-12H2,1-2H3;2*1H. The van der Waals surface area contributed by atoms with Crippen molar-refractivity contribution in [1.29, 1.82) is 0 Å². The lowest BCUT2D eigenvalue weighted by molar-refractivity contribution is -0.137. The first kappa shape index (κ1) is 20.2. The van der Waals surface area contributed by atoms with E-state index in [2.05, 4.69) is 41.4 Å². The number of amides is 1. The second kappa shape index (κ2) is 8.88. The maximum atomic E-state index is 12.7. The number of halogens is 2. The molecule has 1 N–H and O–H groups in total. The van der Waals surface area contributed by atoms with Crippen LogP contribution in [0.5, 0.6) is 0 Å². The van der Waals surface area contributed by atoms with Crippen LogP contribution in [0.2, 0.25) is 0 Å². The molecular weight excluding hydrogens is 333 g/mol. The van der Waals surface area contributed by atoms with Gasteiger partial charge in [0.1, 0.15) is 0 Å². The number of likely N-dealkylation sites (N-methyl/N-ethyl adjacent to an activating group) is 1. The molecule has 2 unspecified atom stereocenters. The van der Waals surface area contributed by atoms with Gasteiger partial charge in [-0.25, -0.2) is 0 Å². The summed E-state index contributed by atoms with van der Waals surface area (Å²) in [5, 5.41) is 3.33. The number of rotatable bonds is 3. The Morgan fingerprint density at radius 2 is 2.00 bits per heavy atom. The van der Waals surface area contributed by atoms with Gasteiger partial charge in [0.2, 0.25) is 5.91 Å². The number of hydrogen-bond donors (Lipinski definition) is 1. The summed E-state index contributed by atoms with van der Waals surface area (Å²) in [6.45, 7) is 5.86. The highest BCUT2D eigenvalue weighted by Crippen LogP contribution is 2.21. The Hall–Kier alpha value is -0.810. The first-order valence-corrected chi connectivity index (χ1v) is 7.95. The summed E-state index contributed by atoms with van der Waals surface area (Å²) in [7, 11) is 1.95. The van der Waals surface area contributed by atoms with Crippen LogP contribution in [0.1, 0.15) is 24.5 Å². The van der Waals surface area contributed by atoms with Crippen LogP contribution in [0, 0.1) is 0 Å². The second-order valence-corrected chi connectivity index (χ2v) is 6.26. The minimum atomic E-state index is -0.0380. The fourth-order valence-corrected chi connectivity index (χ4v) is 3.45. The summed E-state index contributed by atoms with van der Waals surface area (Å²) in [4.78, 5) is 17.0. The molecule has 2 heterocycles. The summed E-state index contributed by atoms with van der Waals surface area (Å²) in [5.41, 5.74) is 2.80. The number of hydrogen-bond acceptors (Lipinski definition) is 3. The molecule has 0 radical (unpaired) electrons. The maximum absolute atomic E-state index is 12.7. The third kappa shape index (κ3) is 4.38. The van der Waals surface area contributed by atoms with Gasteiger partial charge in [0, 0.05) is 32.7 Å². The zero-order valence-corrected chi connectivity index (χ0v) is 15.5. The molecule has 0 saturated carbocycles. The molecule has 130 valence electrons. The predicted octanol–water partition coefficient (Wildman–Crippen LogP) is 2.10. The van der Waals surface area contributed by atoms with Crippen LogP contribution in [-0.4, -0.2) is 54.5 Å². The van der Waals surface area contributed by atoms with E-state index in [1.807, 2.05) is 11.9 Å². The van der Waals surface area contributed by atoms with Gasteiger partial charge >= 0.3 is 0 Å². The van der Waals surface area contributed by atoms with E-state index in [0.717, 1.165) is 39.0 Å². The van der Waals surface area contributed by atoms with Crippen molar-refractivity contribution in [3.8, 4) is 0 Å². The lowest BCUT2D eigenvalue weighted by Gasteiger charge is -2.36. The van der Waals surface area contributed by atoms with Crippen molar-refractivity contribution in [2.45, 2.75) is 38.4 Å². The van der Waals surface area contributed by atoms with E-state index in [1.54, 1.807) is 0 Å². The van der Waals surface area contributed by atoms with Crippen molar-refractivity contribution in [3.63, 3.8) is 0 Å². The van der Waals surface area contributed by atoms with E-state index in [1.165, 1.54) is 11.1 Å². The number of benzene rings is 1. The number of fused-ring (bicyclic) bond motifs is 1.